The molecular formula is C17H21Br4N8O3S+. The van der Waals surface area contributed by atoms with Crippen LogP contribution in [0.2, 0.25) is 0 Å². The highest BCUT2D eigenvalue weighted by atomic mass is 79.9. The zero-order valence-electron chi connectivity index (χ0n) is 17.6. The maximum atomic E-state index is 11.4. The molecule has 0 spiro atoms. The average molecular weight is 737 g/mol. The Kier molecular flexibility index (Phi) is 11.5. The number of aryl methyl sites for hydroxylation is 3. The van der Waals surface area contributed by atoms with Gasteiger partial charge in [0.1, 0.15) is 18.7 Å². The first-order valence-electron chi connectivity index (χ1n) is 8.62. The summed E-state index contributed by atoms with van der Waals surface area (Å²) in [7, 11) is -3.80. The van der Waals surface area contributed by atoms with Gasteiger partial charge in [-0.3, -0.25) is 11.6 Å². The number of hydrogen-bond acceptors (Lipinski definition) is 10. The van der Waals surface area contributed by atoms with Crippen molar-refractivity contribution in [1.82, 2.24) is 15.0 Å². The fraction of sp³-hybridized carbons (Fsp3) is 0.176. The van der Waals surface area contributed by atoms with Gasteiger partial charge in [-0.1, -0.05) is 17.7 Å². The van der Waals surface area contributed by atoms with Crippen LogP contribution in [0.5, 0.6) is 0 Å². The third-order valence-corrected chi connectivity index (χ3v) is 6.98. The lowest BCUT2D eigenvalue weighted by molar-refractivity contribution is -0.625. The summed E-state index contributed by atoms with van der Waals surface area (Å²) >= 11 is 12.5. The van der Waals surface area contributed by atoms with Crippen molar-refractivity contribution < 1.29 is 17.4 Å². The third kappa shape index (κ3) is 9.03. The first kappa shape index (κ1) is 29.6. The quantitative estimate of drug-likeness (QED) is 0.173. The number of anilines is 2. The van der Waals surface area contributed by atoms with Crippen LogP contribution in [0.25, 0.3) is 0 Å². The second-order valence-corrected chi connectivity index (χ2v) is 10.9. The molecule has 16 heteroatoms. The molecule has 0 atom stereocenters. The van der Waals surface area contributed by atoms with Crippen molar-refractivity contribution in [3.63, 3.8) is 0 Å². The first-order chi connectivity index (χ1) is 15.2. The Morgan fingerprint density at radius 1 is 0.939 bits per heavy atom. The third-order valence-electron chi connectivity index (χ3n) is 3.65. The molecule has 11 nitrogen and oxygen atoms in total. The van der Waals surface area contributed by atoms with E-state index in [0.29, 0.717) is 41.2 Å². The number of nitrogen functional groups attached to an aromatic ring is 3. The van der Waals surface area contributed by atoms with Crippen LogP contribution in [0, 0.1) is 20.8 Å². The maximum Gasteiger partial charge on any atom is 0.329 e. The van der Waals surface area contributed by atoms with Gasteiger partial charge in [0.2, 0.25) is 0 Å². The van der Waals surface area contributed by atoms with E-state index in [9.17, 15) is 8.42 Å². The van der Waals surface area contributed by atoms with E-state index in [1.54, 1.807) is 38.4 Å². The summed E-state index contributed by atoms with van der Waals surface area (Å²) in [6.07, 6.45) is 3.11. The van der Waals surface area contributed by atoms with Crippen molar-refractivity contribution >= 4 is 85.5 Å². The predicted molar refractivity (Wildman–Crippen MR) is 139 cm³/mol. The topological polar surface area (TPSA) is 190 Å². The van der Waals surface area contributed by atoms with Crippen molar-refractivity contribution in [2.45, 2.75) is 25.7 Å². The lowest BCUT2D eigenvalue weighted by Crippen LogP contribution is -2.47. The average Bonchev–Trinajstić information content (AvgIpc) is 2.69. The molecule has 8 N–H and O–H groups in total. The zero-order chi connectivity index (χ0) is 25.5. The van der Waals surface area contributed by atoms with E-state index >= 15 is 0 Å². The van der Waals surface area contributed by atoms with Crippen LogP contribution < -0.4 is 27.9 Å². The molecular weight excluding hydrogens is 716 g/mol. The number of rotatable bonds is 2. The molecule has 0 fully saturated rings. The fourth-order valence-electron chi connectivity index (χ4n) is 2.44. The molecule has 180 valence electrons. The highest BCUT2D eigenvalue weighted by Crippen LogP contribution is 2.22. The largest absolute Gasteiger partial charge is 0.381 e. The van der Waals surface area contributed by atoms with E-state index < -0.39 is 10.1 Å². The summed E-state index contributed by atoms with van der Waals surface area (Å²) < 4.78 is 30.5. The Morgan fingerprint density at radius 3 is 1.88 bits per heavy atom. The van der Waals surface area contributed by atoms with E-state index in [-0.39, 0.29) is 4.90 Å². The molecule has 0 saturated carbocycles. The molecule has 0 aliphatic heterocycles. The Bertz CT molecular complexity index is 1200. The SMILES string of the molecule is Cc1cc(C)c(S(=O)(=O)ON)c(C)c1.Nc1c(Br)nc(Br)c[n+]1N.Nc1ncc(Br)nc1Br. The highest BCUT2D eigenvalue weighted by molar-refractivity contribution is 9.11. The molecule has 0 radical (unpaired) electrons. The van der Waals surface area contributed by atoms with Crippen molar-refractivity contribution in [2.24, 2.45) is 5.90 Å². The molecule has 33 heavy (non-hydrogen) atoms. The monoisotopic (exact) mass is 733 g/mol. The molecule has 0 aliphatic carbocycles. The molecule has 3 aromatic rings. The predicted octanol–water partition coefficient (Wildman–Crippen LogP) is 2.96. The molecule has 2 aromatic heterocycles. The maximum absolute atomic E-state index is 11.4. The van der Waals surface area contributed by atoms with E-state index in [4.69, 9.17) is 23.2 Å². The van der Waals surface area contributed by atoms with Crippen LogP contribution in [0.3, 0.4) is 0 Å². The van der Waals surface area contributed by atoms with Crippen LogP contribution in [-0.4, -0.2) is 23.4 Å². The number of nitrogens with zero attached hydrogens (tertiary/aromatic N) is 4. The fourth-order valence-corrected chi connectivity index (χ4v) is 5.28. The summed E-state index contributed by atoms with van der Waals surface area (Å²) in [6, 6.07) is 3.55. The highest BCUT2D eigenvalue weighted by Gasteiger charge is 2.19. The van der Waals surface area contributed by atoms with Crippen LogP contribution >= 0.6 is 63.7 Å². The molecule has 0 amide bonds. The number of nitrogens with two attached hydrogens (primary N) is 4. The Morgan fingerprint density at radius 2 is 1.45 bits per heavy atom. The molecule has 3 rings (SSSR count). The van der Waals surface area contributed by atoms with Gasteiger partial charge in [0, 0.05) is 0 Å². The summed E-state index contributed by atoms with van der Waals surface area (Å²) in [5, 5.41) is 0. The number of benzene rings is 1. The Balaban J connectivity index is 0.000000255. The molecule has 1 aromatic carbocycles. The standard InChI is InChI=1S/C9H13NO3S.C4H4Br2N4.C4H3Br2N3/c1-6-4-7(2)9(8(3)5-6)14(11,12)13-10;5-2-1-10(8)4(7)3(6)9-2;5-2-1-8-4(7)3(6)9-2/h4-5H,10H2,1-3H3;1,7H,8H2;1H,(H2,7,8)/p+1. The van der Waals surface area contributed by atoms with Gasteiger partial charge in [-0.2, -0.15) is 18.6 Å². The second-order valence-electron chi connectivity index (χ2n) is 6.29. The summed E-state index contributed by atoms with van der Waals surface area (Å²) in [5.41, 5.74) is 13.1. The molecule has 0 aliphatic rings. The number of aromatic nitrogens is 4. The summed E-state index contributed by atoms with van der Waals surface area (Å²) in [5.74, 6) is 10.9. The van der Waals surface area contributed by atoms with Gasteiger partial charge in [-0.25, -0.2) is 15.0 Å². The second kappa shape index (κ2) is 12.9. The minimum atomic E-state index is -3.80. The van der Waals surface area contributed by atoms with Gasteiger partial charge in [-0.05, 0) is 95.6 Å². The van der Waals surface area contributed by atoms with Gasteiger partial charge in [-0.15, -0.1) is 4.68 Å². The summed E-state index contributed by atoms with van der Waals surface area (Å²) in [6.45, 7) is 5.33. The Labute approximate surface area is 224 Å². The molecule has 0 bridgehead atoms. The van der Waals surface area contributed by atoms with Gasteiger partial charge < -0.3 is 5.73 Å². The zero-order valence-corrected chi connectivity index (χ0v) is 24.7. The smallest absolute Gasteiger partial charge is 0.329 e. The van der Waals surface area contributed by atoms with Gasteiger partial charge >= 0.3 is 15.9 Å². The minimum absolute atomic E-state index is 0.158. The first-order valence-corrected chi connectivity index (χ1v) is 13.2. The molecule has 0 saturated heterocycles. The van der Waals surface area contributed by atoms with Crippen molar-refractivity contribution in [3.8, 4) is 0 Å². The van der Waals surface area contributed by atoms with Gasteiger partial charge in [0.05, 0.1) is 6.20 Å². The lowest BCUT2D eigenvalue weighted by atomic mass is 10.1. The van der Waals surface area contributed by atoms with E-state index in [1.807, 2.05) is 6.92 Å². The molecule has 0 unspecified atom stereocenters. The van der Waals surface area contributed by atoms with Crippen LogP contribution in [0.4, 0.5) is 11.6 Å². The van der Waals surface area contributed by atoms with Crippen LogP contribution in [-0.2, 0) is 14.4 Å². The molecule has 2 heterocycles. The number of halogens is 4. The van der Waals surface area contributed by atoms with E-state index in [2.05, 4.69) is 83.0 Å². The summed E-state index contributed by atoms with van der Waals surface area (Å²) in [4.78, 5) is 11.8. The van der Waals surface area contributed by atoms with E-state index in [0.717, 1.165) is 5.56 Å². The van der Waals surface area contributed by atoms with Gasteiger partial charge in [0.25, 0.3) is 0 Å². The van der Waals surface area contributed by atoms with Crippen molar-refractivity contribution in [3.05, 3.63) is 59.6 Å². The van der Waals surface area contributed by atoms with Crippen molar-refractivity contribution in [2.75, 3.05) is 17.3 Å². The number of hydrogen-bond donors (Lipinski definition) is 4. The van der Waals surface area contributed by atoms with Crippen LogP contribution in [0.15, 0.2) is 47.8 Å². The normalized spacial score (nSPS) is 10.5. The van der Waals surface area contributed by atoms with Crippen molar-refractivity contribution in [1.29, 1.82) is 0 Å². The minimum Gasteiger partial charge on any atom is -0.381 e. The van der Waals surface area contributed by atoms with Gasteiger partial charge in [0.15, 0.2) is 16.6 Å². The Hall–Kier alpha value is -1.43. The van der Waals surface area contributed by atoms with E-state index in [1.165, 1.54) is 4.68 Å². The van der Waals surface area contributed by atoms with Crippen LogP contribution in [0.1, 0.15) is 16.7 Å². The lowest BCUT2D eigenvalue weighted by Gasteiger charge is -2.09.